The zero-order valence-corrected chi connectivity index (χ0v) is 11.2. The lowest BCUT2D eigenvalue weighted by Crippen LogP contribution is -2.10. The van der Waals surface area contributed by atoms with E-state index in [0.717, 1.165) is 12.4 Å². The topological polar surface area (TPSA) is 87.0 Å². The van der Waals surface area contributed by atoms with Crippen LogP contribution in [0.4, 0.5) is 0 Å². The predicted molar refractivity (Wildman–Crippen MR) is 67.8 cm³/mol. The first-order valence-electron chi connectivity index (χ1n) is 4.74. The molecule has 1 aromatic carbocycles. The summed E-state index contributed by atoms with van der Waals surface area (Å²) < 4.78 is 27.0. The molecular weight excluding hydrogens is 280 g/mol. The molecule has 1 aromatic rings. The van der Waals surface area contributed by atoms with Crippen LogP contribution >= 0.6 is 11.6 Å². The molecule has 0 radical (unpaired) electrons. The summed E-state index contributed by atoms with van der Waals surface area (Å²) in [5.74, 6) is -1.24. The highest BCUT2D eigenvalue weighted by Crippen LogP contribution is 2.24. The van der Waals surface area contributed by atoms with Crippen LogP contribution in [0.15, 0.2) is 27.5 Å². The summed E-state index contributed by atoms with van der Waals surface area (Å²) in [6.07, 6.45) is 1.10. The van der Waals surface area contributed by atoms with Gasteiger partial charge in [-0.25, -0.2) is 4.79 Å². The summed E-state index contributed by atoms with van der Waals surface area (Å²) in [6, 6.07) is 3.41. The van der Waals surface area contributed by atoms with Gasteiger partial charge in [-0.1, -0.05) is 11.6 Å². The van der Waals surface area contributed by atoms with Crippen LogP contribution < -0.4 is 0 Å². The smallest absolute Gasteiger partial charge is 0.335 e. The standard InChI is InChI=1S/C10H11ClN2O4S/c1-13(2)6-12-18(16,17)9-5-7(10(14)15)3-4-8(9)11/h3-6H,1-2H3,(H,14,15). The lowest BCUT2D eigenvalue weighted by Gasteiger charge is -2.05. The number of hydrogen-bond acceptors (Lipinski definition) is 3. The Morgan fingerprint density at radius 2 is 2.06 bits per heavy atom. The fraction of sp³-hybridized carbons (Fsp3) is 0.200. The second-order valence-electron chi connectivity index (χ2n) is 3.61. The summed E-state index contributed by atoms with van der Waals surface area (Å²) in [4.78, 5) is 11.9. The number of carboxylic acids is 1. The number of benzene rings is 1. The number of halogens is 1. The van der Waals surface area contributed by atoms with Gasteiger partial charge in [-0.05, 0) is 18.2 Å². The van der Waals surface area contributed by atoms with Crippen LogP contribution in [0, 0.1) is 0 Å². The number of nitrogens with zero attached hydrogens (tertiary/aromatic N) is 2. The van der Waals surface area contributed by atoms with Crippen LogP contribution in [0.5, 0.6) is 0 Å². The molecule has 0 aliphatic rings. The normalized spacial score (nSPS) is 11.7. The summed E-state index contributed by atoms with van der Waals surface area (Å²) in [5, 5.41) is 8.73. The van der Waals surface area contributed by atoms with E-state index in [1.165, 1.54) is 17.0 Å². The fourth-order valence-corrected chi connectivity index (χ4v) is 2.47. The van der Waals surface area contributed by atoms with Gasteiger partial charge in [-0.15, -0.1) is 4.40 Å². The van der Waals surface area contributed by atoms with Gasteiger partial charge in [-0.3, -0.25) is 0 Å². The highest BCUT2D eigenvalue weighted by molar-refractivity contribution is 7.90. The molecule has 6 nitrogen and oxygen atoms in total. The molecule has 1 N–H and O–H groups in total. The van der Waals surface area contributed by atoms with Gasteiger partial charge >= 0.3 is 5.97 Å². The monoisotopic (exact) mass is 290 g/mol. The summed E-state index contributed by atoms with van der Waals surface area (Å²) in [5.41, 5.74) is -0.168. The number of carbonyl (C=O) groups is 1. The molecule has 0 aromatic heterocycles. The zero-order valence-electron chi connectivity index (χ0n) is 9.66. The maximum atomic E-state index is 11.8. The first-order chi connectivity index (χ1) is 8.24. The molecule has 0 aliphatic carbocycles. The Labute approximate surface area is 110 Å². The van der Waals surface area contributed by atoms with E-state index in [2.05, 4.69) is 4.40 Å². The summed E-state index contributed by atoms with van der Waals surface area (Å²) >= 11 is 5.74. The molecule has 0 amide bonds. The second-order valence-corrected chi connectivity index (χ2v) is 5.62. The van der Waals surface area contributed by atoms with Gasteiger partial charge in [0.2, 0.25) is 0 Å². The second kappa shape index (κ2) is 5.36. The SMILES string of the molecule is CN(C)C=NS(=O)(=O)c1cc(C(=O)O)ccc1Cl. The summed E-state index contributed by atoms with van der Waals surface area (Å²) in [7, 11) is -0.799. The lowest BCUT2D eigenvalue weighted by atomic mass is 10.2. The van der Waals surface area contributed by atoms with Crippen molar-refractivity contribution in [3.63, 3.8) is 0 Å². The Balaban J connectivity index is 3.32. The predicted octanol–water partition coefficient (Wildman–Crippen LogP) is 1.32. The average molecular weight is 291 g/mol. The molecular formula is C10H11ClN2O4S. The molecule has 18 heavy (non-hydrogen) atoms. The number of hydrogen-bond donors (Lipinski definition) is 1. The Bertz CT molecular complexity index is 596. The van der Waals surface area contributed by atoms with Crippen molar-refractivity contribution in [2.45, 2.75) is 4.90 Å². The minimum absolute atomic E-state index is 0.0732. The van der Waals surface area contributed by atoms with Gasteiger partial charge in [0.15, 0.2) is 0 Å². The van der Waals surface area contributed by atoms with E-state index >= 15 is 0 Å². The van der Waals surface area contributed by atoms with Gasteiger partial charge in [0.05, 0.1) is 10.6 Å². The van der Waals surface area contributed by atoms with E-state index in [0.29, 0.717) is 0 Å². The number of carboxylic acid groups (broad SMARTS) is 1. The van der Waals surface area contributed by atoms with Crippen molar-refractivity contribution in [3.05, 3.63) is 28.8 Å². The largest absolute Gasteiger partial charge is 0.478 e. The van der Waals surface area contributed by atoms with E-state index in [-0.39, 0.29) is 15.5 Å². The van der Waals surface area contributed by atoms with E-state index in [1.807, 2.05) is 0 Å². The Morgan fingerprint density at radius 1 is 1.44 bits per heavy atom. The first-order valence-corrected chi connectivity index (χ1v) is 6.55. The van der Waals surface area contributed by atoms with E-state index in [9.17, 15) is 13.2 Å². The minimum Gasteiger partial charge on any atom is -0.478 e. The quantitative estimate of drug-likeness (QED) is 0.667. The van der Waals surface area contributed by atoms with Crippen molar-refractivity contribution >= 4 is 33.9 Å². The highest BCUT2D eigenvalue weighted by atomic mass is 35.5. The minimum atomic E-state index is -4.01. The van der Waals surface area contributed by atoms with Gasteiger partial charge < -0.3 is 10.0 Å². The van der Waals surface area contributed by atoms with Crippen molar-refractivity contribution in [2.75, 3.05) is 14.1 Å². The maximum Gasteiger partial charge on any atom is 0.335 e. The molecule has 98 valence electrons. The van der Waals surface area contributed by atoms with Gasteiger partial charge in [0.1, 0.15) is 11.2 Å². The third-order valence-electron chi connectivity index (χ3n) is 1.87. The Kier molecular flexibility index (Phi) is 4.31. The fourth-order valence-electron chi connectivity index (χ4n) is 1.05. The zero-order chi connectivity index (χ0) is 13.9. The molecule has 8 heteroatoms. The van der Waals surface area contributed by atoms with E-state index < -0.39 is 16.0 Å². The Hall–Kier alpha value is -1.60. The molecule has 0 aliphatic heterocycles. The molecule has 0 bridgehead atoms. The third kappa shape index (κ3) is 3.44. The molecule has 0 unspecified atom stereocenters. The average Bonchev–Trinajstić information content (AvgIpc) is 2.26. The lowest BCUT2D eigenvalue weighted by molar-refractivity contribution is 0.0696. The van der Waals surface area contributed by atoms with Crippen molar-refractivity contribution in [1.29, 1.82) is 0 Å². The molecule has 0 atom stereocenters. The van der Waals surface area contributed by atoms with Crippen LogP contribution in [0.1, 0.15) is 10.4 Å². The third-order valence-corrected chi connectivity index (χ3v) is 3.58. The van der Waals surface area contributed by atoms with Gasteiger partial charge in [0.25, 0.3) is 10.0 Å². The summed E-state index contributed by atoms with van der Waals surface area (Å²) in [6.45, 7) is 0. The molecule has 0 fully saturated rings. The van der Waals surface area contributed by atoms with Crippen molar-refractivity contribution in [1.82, 2.24) is 4.90 Å². The first kappa shape index (κ1) is 14.5. The van der Waals surface area contributed by atoms with E-state index in [4.69, 9.17) is 16.7 Å². The number of aromatic carboxylic acids is 1. The molecule has 1 rings (SSSR count). The van der Waals surface area contributed by atoms with Crippen LogP contribution in [-0.2, 0) is 10.0 Å². The number of rotatable bonds is 4. The van der Waals surface area contributed by atoms with E-state index in [1.54, 1.807) is 14.1 Å². The number of sulfonamides is 1. The Morgan fingerprint density at radius 3 is 2.56 bits per heavy atom. The van der Waals surface area contributed by atoms with Crippen LogP contribution in [-0.4, -0.2) is 44.8 Å². The highest BCUT2D eigenvalue weighted by Gasteiger charge is 2.18. The molecule has 0 heterocycles. The maximum absolute atomic E-state index is 11.8. The van der Waals surface area contributed by atoms with Crippen LogP contribution in [0.2, 0.25) is 5.02 Å². The molecule has 0 saturated carbocycles. The molecule has 0 saturated heterocycles. The van der Waals surface area contributed by atoms with Crippen molar-refractivity contribution in [2.24, 2.45) is 4.40 Å². The van der Waals surface area contributed by atoms with Gasteiger partial charge in [0, 0.05) is 14.1 Å². The van der Waals surface area contributed by atoms with Gasteiger partial charge in [-0.2, -0.15) is 8.42 Å². The van der Waals surface area contributed by atoms with Crippen molar-refractivity contribution < 1.29 is 18.3 Å². The van der Waals surface area contributed by atoms with Crippen molar-refractivity contribution in [3.8, 4) is 0 Å². The van der Waals surface area contributed by atoms with Crippen LogP contribution in [0.3, 0.4) is 0 Å². The molecule has 0 spiro atoms. The van der Waals surface area contributed by atoms with Crippen LogP contribution in [0.25, 0.3) is 0 Å².